The van der Waals surface area contributed by atoms with E-state index in [9.17, 15) is 0 Å². The maximum atomic E-state index is 6.06. The molecule has 0 aliphatic carbocycles. The number of rotatable bonds is 4. The van der Waals surface area contributed by atoms with Crippen LogP contribution < -0.4 is 0 Å². The van der Waals surface area contributed by atoms with E-state index >= 15 is 0 Å². The van der Waals surface area contributed by atoms with E-state index in [4.69, 9.17) is 11.6 Å². The Morgan fingerprint density at radius 3 is 2.54 bits per heavy atom. The highest BCUT2D eigenvalue weighted by Gasteiger charge is 2.17. The van der Waals surface area contributed by atoms with Crippen molar-refractivity contribution in [1.29, 1.82) is 0 Å². The van der Waals surface area contributed by atoms with Gasteiger partial charge in [0, 0.05) is 17.0 Å². The Kier molecular flexibility index (Phi) is 3.80. The SMILES string of the molecule is Clc1cccc(-c2n[nH]nc2-c2n[nH]c(Cc3ccccc3)n2)c1. The highest BCUT2D eigenvalue weighted by Crippen LogP contribution is 2.27. The molecule has 4 aromatic rings. The highest BCUT2D eigenvalue weighted by atomic mass is 35.5. The summed E-state index contributed by atoms with van der Waals surface area (Å²) in [6.07, 6.45) is 0.679. The zero-order valence-corrected chi connectivity index (χ0v) is 13.3. The predicted octanol–water partition coefficient (Wildman–Crippen LogP) is 3.50. The lowest BCUT2D eigenvalue weighted by molar-refractivity contribution is 0.940. The van der Waals surface area contributed by atoms with Crippen LogP contribution in [0.5, 0.6) is 0 Å². The van der Waals surface area contributed by atoms with Gasteiger partial charge in [-0.15, -0.1) is 0 Å². The second-order valence-electron chi connectivity index (χ2n) is 5.30. The number of aromatic nitrogens is 6. The Morgan fingerprint density at radius 1 is 0.875 bits per heavy atom. The molecule has 0 bridgehead atoms. The molecule has 0 aliphatic rings. The lowest BCUT2D eigenvalue weighted by Gasteiger charge is -1.98. The minimum absolute atomic E-state index is 0.504. The van der Waals surface area contributed by atoms with Gasteiger partial charge in [-0.05, 0) is 17.7 Å². The second-order valence-corrected chi connectivity index (χ2v) is 5.74. The van der Waals surface area contributed by atoms with Crippen molar-refractivity contribution in [3.05, 3.63) is 71.0 Å². The largest absolute Gasteiger partial charge is 0.262 e. The number of H-pyrrole nitrogens is 2. The quantitative estimate of drug-likeness (QED) is 0.597. The van der Waals surface area contributed by atoms with Crippen molar-refractivity contribution >= 4 is 11.6 Å². The van der Waals surface area contributed by atoms with Gasteiger partial charge in [0.15, 0.2) is 5.69 Å². The van der Waals surface area contributed by atoms with E-state index in [1.165, 1.54) is 0 Å². The highest BCUT2D eigenvalue weighted by molar-refractivity contribution is 6.30. The fraction of sp³-hybridized carbons (Fsp3) is 0.0588. The number of hydrogen-bond acceptors (Lipinski definition) is 4. The molecule has 118 valence electrons. The molecule has 7 heteroatoms. The van der Waals surface area contributed by atoms with Crippen molar-refractivity contribution in [2.24, 2.45) is 0 Å². The zero-order valence-electron chi connectivity index (χ0n) is 12.6. The molecule has 4 rings (SSSR count). The van der Waals surface area contributed by atoms with Gasteiger partial charge >= 0.3 is 0 Å². The van der Waals surface area contributed by atoms with Crippen LogP contribution in [0.15, 0.2) is 54.6 Å². The van der Waals surface area contributed by atoms with Crippen molar-refractivity contribution in [1.82, 2.24) is 30.6 Å². The smallest absolute Gasteiger partial charge is 0.204 e. The van der Waals surface area contributed by atoms with Gasteiger partial charge in [0.25, 0.3) is 0 Å². The maximum Gasteiger partial charge on any atom is 0.204 e. The summed E-state index contributed by atoms with van der Waals surface area (Å²) in [5, 5.41) is 18.9. The number of halogens is 1. The van der Waals surface area contributed by atoms with Gasteiger partial charge in [-0.3, -0.25) is 5.10 Å². The number of benzene rings is 2. The van der Waals surface area contributed by atoms with Crippen LogP contribution in [0.2, 0.25) is 5.02 Å². The molecular weight excluding hydrogens is 324 g/mol. The van der Waals surface area contributed by atoms with E-state index in [0.717, 1.165) is 17.0 Å². The first-order chi connectivity index (χ1) is 11.8. The second kappa shape index (κ2) is 6.25. The molecule has 0 radical (unpaired) electrons. The Morgan fingerprint density at radius 2 is 1.71 bits per heavy atom. The van der Waals surface area contributed by atoms with Crippen LogP contribution in [0, 0.1) is 0 Å². The lowest BCUT2D eigenvalue weighted by atomic mass is 10.1. The van der Waals surface area contributed by atoms with Crippen molar-refractivity contribution in [3.8, 4) is 22.8 Å². The molecule has 2 heterocycles. The van der Waals surface area contributed by atoms with Crippen LogP contribution in [0.3, 0.4) is 0 Å². The first kappa shape index (κ1) is 14.6. The molecule has 2 aromatic heterocycles. The van der Waals surface area contributed by atoms with Gasteiger partial charge in [-0.2, -0.15) is 20.5 Å². The van der Waals surface area contributed by atoms with Crippen molar-refractivity contribution < 1.29 is 0 Å². The zero-order chi connectivity index (χ0) is 16.4. The molecular formula is C17H13ClN6. The van der Waals surface area contributed by atoms with E-state index < -0.39 is 0 Å². The van der Waals surface area contributed by atoms with Gasteiger partial charge in [-0.25, -0.2) is 4.98 Å². The van der Waals surface area contributed by atoms with E-state index in [1.54, 1.807) is 0 Å². The molecule has 24 heavy (non-hydrogen) atoms. The van der Waals surface area contributed by atoms with Crippen molar-refractivity contribution in [2.75, 3.05) is 0 Å². The third-order valence-electron chi connectivity index (χ3n) is 3.60. The van der Waals surface area contributed by atoms with Crippen LogP contribution in [-0.4, -0.2) is 30.6 Å². The molecule has 0 atom stereocenters. The Bertz CT molecular complexity index is 960. The first-order valence-corrected chi connectivity index (χ1v) is 7.79. The molecule has 0 fully saturated rings. The molecule has 0 saturated carbocycles. The van der Waals surface area contributed by atoms with Crippen molar-refractivity contribution in [2.45, 2.75) is 6.42 Å². The molecule has 0 aliphatic heterocycles. The molecule has 0 saturated heterocycles. The van der Waals surface area contributed by atoms with Crippen LogP contribution in [0.25, 0.3) is 22.8 Å². The first-order valence-electron chi connectivity index (χ1n) is 7.42. The van der Waals surface area contributed by atoms with Gasteiger partial charge in [0.2, 0.25) is 5.82 Å². The predicted molar refractivity (Wildman–Crippen MR) is 91.5 cm³/mol. The summed E-state index contributed by atoms with van der Waals surface area (Å²) in [7, 11) is 0. The summed E-state index contributed by atoms with van der Waals surface area (Å²) >= 11 is 6.06. The summed E-state index contributed by atoms with van der Waals surface area (Å²) < 4.78 is 0. The number of hydrogen-bond donors (Lipinski definition) is 2. The number of aromatic amines is 2. The summed E-state index contributed by atoms with van der Waals surface area (Å²) in [6.45, 7) is 0. The van der Waals surface area contributed by atoms with Crippen LogP contribution in [-0.2, 0) is 6.42 Å². The molecule has 2 N–H and O–H groups in total. The van der Waals surface area contributed by atoms with Gasteiger partial charge in [0.1, 0.15) is 11.5 Å². The van der Waals surface area contributed by atoms with Gasteiger partial charge < -0.3 is 0 Å². The third kappa shape index (κ3) is 2.91. The van der Waals surface area contributed by atoms with Gasteiger partial charge in [0.05, 0.1) is 0 Å². The summed E-state index contributed by atoms with van der Waals surface area (Å²) in [5.41, 5.74) is 3.28. The van der Waals surface area contributed by atoms with E-state index in [1.807, 2.05) is 42.5 Å². The molecule has 0 spiro atoms. The maximum absolute atomic E-state index is 6.06. The standard InChI is InChI=1S/C17H13ClN6/c18-13-8-4-7-12(10-13)15-16(22-24-21-15)17-19-14(20-23-17)9-11-5-2-1-3-6-11/h1-8,10H,9H2,(H,19,20,23)(H,21,22,24). The molecule has 0 unspecified atom stereocenters. The summed E-state index contributed by atoms with van der Waals surface area (Å²) in [6, 6.07) is 17.5. The van der Waals surface area contributed by atoms with E-state index in [-0.39, 0.29) is 0 Å². The lowest BCUT2D eigenvalue weighted by Crippen LogP contribution is -1.90. The Labute approximate surface area is 142 Å². The minimum atomic E-state index is 0.504. The average Bonchev–Trinajstić information content (AvgIpc) is 3.24. The Balaban J connectivity index is 1.65. The summed E-state index contributed by atoms with van der Waals surface area (Å²) in [4.78, 5) is 4.53. The van der Waals surface area contributed by atoms with E-state index in [2.05, 4.69) is 42.7 Å². The monoisotopic (exact) mass is 336 g/mol. The molecule has 0 amide bonds. The fourth-order valence-electron chi connectivity index (χ4n) is 2.49. The Hall–Kier alpha value is -2.99. The van der Waals surface area contributed by atoms with Crippen LogP contribution >= 0.6 is 11.6 Å². The number of nitrogens with one attached hydrogen (secondary N) is 2. The summed E-state index contributed by atoms with van der Waals surface area (Å²) in [5.74, 6) is 1.28. The fourth-order valence-corrected chi connectivity index (χ4v) is 2.68. The van der Waals surface area contributed by atoms with Crippen LogP contribution in [0.1, 0.15) is 11.4 Å². The van der Waals surface area contributed by atoms with Gasteiger partial charge in [-0.1, -0.05) is 54.1 Å². The van der Waals surface area contributed by atoms with Crippen molar-refractivity contribution in [3.63, 3.8) is 0 Å². The van der Waals surface area contributed by atoms with E-state index in [0.29, 0.717) is 28.7 Å². The van der Waals surface area contributed by atoms with Crippen LogP contribution in [0.4, 0.5) is 0 Å². The number of nitrogens with zero attached hydrogens (tertiary/aromatic N) is 4. The molecule has 2 aromatic carbocycles. The average molecular weight is 337 g/mol. The third-order valence-corrected chi connectivity index (χ3v) is 3.84. The molecule has 6 nitrogen and oxygen atoms in total. The minimum Gasteiger partial charge on any atom is -0.262 e. The normalized spacial score (nSPS) is 10.9. The topological polar surface area (TPSA) is 83.1 Å².